The van der Waals surface area contributed by atoms with E-state index in [2.05, 4.69) is 37.2 Å². The van der Waals surface area contributed by atoms with Crippen LogP contribution < -0.4 is 15.8 Å². The first-order valence-corrected chi connectivity index (χ1v) is 14.7. The molecule has 1 amide bonds. The van der Waals surface area contributed by atoms with Gasteiger partial charge in [0.05, 0.1) is 28.8 Å². The molecular weight excluding hydrogens is 514 g/mol. The molecule has 2 aromatic heterocycles. The van der Waals surface area contributed by atoms with Crippen molar-refractivity contribution in [2.75, 3.05) is 25.0 Å². The molecule has 11 heteroatoms. The smallest absolute Gasteiger partial charge is 0.245 e. The monoisotopic (exact) mass is 545 g/mol. The van der Waals surface area contributed by atoms with Gasteiger partial charge >= 0.3 is 0 Å². The number of sulfonamides is 1. The van der Waals surface area contributed by atoms with E-state index in [1.54, 1.807) is 28.9 Å². The maximum Gasteiger partial charge on any atom is 0.245 e. The van der Waals surface area contributed by atoms with E-state index in [1.165, 1.54) is 5.56 Å². The number of nitrogens with one attached hydrogen (secondary N) is 2. The quantitative estimate of drug-likeness (QED) is 0.294. The Bertz CT molecular complexity index is 1610. The first-order chi connectivity index (χ1) is 18.8. The largest absolute Gasteiger partial charge is 0.369 e. The molecule has 0 spiro atoms. The molecule has 2 aromatic carbocycles. The topological polar surface area (TPSA) is 135 Å². The first-order valence-electron chi connectivity index (χ1n) is 13.2. The number of likely N-dealkylation sites (tertiary alicyclic amines) is 1. The van der Waals surface area contributed by atoms with E-state index in [1.807, 2.05) is 30.3 Å². The molecule has 4 N–H and O–H groups in total. The number of carbonyl (C=O) groups excluding carboxylic acids is 1. The molecule has 3 heterocycles. The number of hydrogen-bond acceptors (Lipinski definition) is 7. The van der Waals surface area contributed by atoms with E-state index in [0.717, 1.165) is 61.2 Å². The third-order valence-corrected chi connectivity index (χ3v) is 8.86. The lowest BCUT2D eigenvalue weighted by molar-refractivity contribution is -0.119. The van der Waals surface area contributed by atoms with Gasteiger partial charge in [-0.2, -0.15) is 0 Å². The minimum atomic E-state index is -3.56. The molecular formula is C28H31N7O3S. The Hall–Kier alpha value is -3.80. The summed E-state index contributed by atoms with van der Waals surface area (Å²) in [4.78, 5) is 18.0. The first kappa shape index (κ1) is 25.5. The predicted octanol–water partition coefficient (Wildman–Crippen LogP) is 3.25. The highest BCUT2D eigenvalue weighted by Crippen LogP contribution is 2.30. The Morgan fingerprint density at radius 1 is 1.00 bits per heavy atom. The van der Waals surface area contributed by atoms with Gasteiger partial charge in [-0.15, -0.1) is 5.10 Å². The van der Waals surface area contributed by atoms with Crippen molar-refractivity contribution < 1.29 is 13.2 Å². The van der Waals surface area contributed by atoms with Crippen molar-refractivity contribution in [1.29, 1.82) is 0 Å². The van der Waals surface area contributed by atoms with Gasteiger partial charge in [0.25, 0.3) is 0 Å². The third-order valence-electron chi connectivity index (χ3n) is 7.34. The molecule has 6 rings (SSSR count). The summed E-state index contributed by atoms with van der Waals surface area (Å²) in [6, 6.07) is 19.1. The number of carbonyl (C=O) groups is 1. The Kier molecular flexibility index (Phi) is 6.79. The Morgan fingerprint density at radius 2 is 1.77 bits per heavy atom. The number of fused-ring (bicyclic) bond motifs is 1. The maximum absolute atomic E-state index is 12.7. The molecule has 1 saturated carbocycles. The normalized spacial score (nSPS) is 16.9. The molecule has 1 aliphatic heterocycles. The number of amides is 1. The van der Waals surface area contributed by atoms with Crippen LogP contribution in [0.4, 0.5) is 11.6 Å². The van der Waals surface area contributed by atoms with Crippen LogP contribution in [0.15, 0.2) is 71.8 Å². The highest BCUT2D eigenvalue weighted by atomic mass is 32.2. The van der Waals surface area contributed by atoms with E-state index in [-0.39, 0.29) is 16.8 Å². The van der Waals surface area contributed by atoms with Crippen molar-refractivity contribution in [2.24, 2.45) is 5.73 Å². The van der Waals surface area contributed by atoms with Crippen LogP contribution >= 0.6 is 0 Å². The van der Waals surface area contributed by atoms with Crippen LogP contribution in [0.3, 0.4) is 0 Å². The summed E-state index contributed by atoms with van der Waals surface area (Å²) in [7, 11) is -3.56. The van der Waals surface area contributed by atoms with Crippen molar-refractivity contribution in [3.8, 4) is 11.3 Å². The molecule has 1 saturated heterocycles. The fourth-order valence-electron chi connectivity index (χ4n) is 5.10. The lowest BCUT2D eigenvalue weighted by atomic mass is 9.89. The van der Waals surface area contributed by atoms with Gasteiger partial charge in [-0.05, 0) is 86.7 Å². The summed E-state index contributed by atoms with van der Waals surface area (Å²) >= 11 is 0. The molecule has 4 aromatic rings. The van der Waals surface area contributed by atoms with Gasteiger partial charge in [-0.3, -0.25) is 9.69 Å². The number of nitrogens with zero attached hydrogens (tertiary/aromatic N) is 4. The average Bonchev–Trinajstić information content (AvgIpc) is 3.63. The summed E-state index contributed by atoms with van der Waals surface area (Å²) in [5, 5.41) is 7.97. The van der Waals surface area contributed by atoms with E-state index < -0.39 is 10.0 Å². The van der Waals surface area contributed by atoms with Crippen LogP contribution in [0.5, 0.6) is 0 Å². The number of nitrogens with two attached hydrogens (primary N) is 1. The van der Waals surface area contributed by atoms with Crippen LogP contribution in [0.2, 0.25) is 0 Å². The number of piperidine rings is 1. The molecule has 39 heavy (non-hydrogen) atoms. The Morgan fingerprint density at radius 3 is 2.49 bits per heavy atom. The van der Waals surface area contributed by atoms with Crippen molar-refractivity contribution in [3.05, 3.63) is 72.4 Å². The Balaban J connectivity index is 1.17. The van der Waals surface area contributed by atoms with Crippen molar-refractivity contribution in [3.63, 3.8) is 0 Å². The van der Waals surface area contributed by atoms with E-state index >= 15 is 0 Å². The number of benzene rings is 2. The molecule has 0 atom stereocenters. The Labute approximate surface area is 227 Å². The highest BCUT2D eigenvalue weighted by Gasteiger charge is 2.28. The molecule has 2 fully saturated rings. The molecule has 0 radical (unpaired) electrons. The zero-order valence-electron chi connectivity index (χ0n) is 21.5. The van der Waals surface area contributed by atoms with E-state index in [0.29, 0.717) is 18.4 Å². The summed E-state index contributed by atoms with van der Waals surface area (Å²) in [5.74, 6) is 0.614. The molecule has 10 nitrogen and oxygen atoms in total. The molecule has 2 aliphatic rings. The minimum Gasteiger partial charge on any atom is -0.369 e. The number of hydrogen-bond donors (Lipinski definition) is 3. The predicted molar refractivity (Wildman–Crippen MR) is 149 cm³/mol. The SMILES string of the molecule is NC(=O)CN1CCC(c2ccc(Nc3ncc4ccc(-c5cccc(S(=O)(=O)NC6CC6)c5)n4n3)cc2)CC1. The van der Waals surface area contributed by atoms with Crippen molar-refractivity contribution in [1.82, 2.24) is 24.2 Å². The van der Waals surface area contributed by atoms with Gasteiger partial charge in [0.1, 0.15) is 0 Å². The average molecular weight is 546 g/mol. The molecule has 1 aliphatic carbocycles. The zero-order chi connectivity index (χ0) is 27.0. The van der Waals surface area contributed by atoms with Crippen molar-refractivity contribution >= 4 is 33.1 Å². The molecule has 0 bridgehead atoms. The van der Waals surface area contributed by atoms with Gasteiger partial charge in [0.2, 0.25) is 21.9 Å². The summed E-state index contributed by atoms with van der Waals surface area (Å²) < 4.78 is 30.0. The fourth-order valence-corrected chi connectivity index (χ4v) is 6.45. The second-order valence-electron chi connectivity index (χ2n) is 10.3. The number of rotatable bonds is 9. The van der Waals surface area contributed by atoms with Gasteiger partial charge < -0.3 is 11.1 Å². The maximum atomic E-state index is 12.7. The lowest BCUT2D eigenvalue weighted by Crippen LogP contribution is -2.39. The van der Waals surface area contributed by atoms with E-state index in [4.69, 9.17) is 5.73 Å². The molecule has 0 unspecified atom stereocenters. The number of anilines is 2. The van der Waals surface area contributed by atoms with Crippen LogP contribution in [-0.4, -0.2) is 59.5 Å². The van der Waals surface area contributed by atoms with Crippen LogP contribution in [0.1, 0.15) is 37.2 Å². The van der Waals surface area contributed by atoms with Gasteiger partial charge in [0, 0.05) is 17.3 Å². The number of primary amides is 1. The number of aromatic nitrogens is 3. The second-order valence-corrected chi connectivity index (χ2v) is 12.0. The minimum absolute atomic E-state index is 0.0459. The van der Waals surface area contributed by atoms with Crippen LogP contribution in [0, 0.1) is 0 Å². The van der Waals surface area contributed by atoms with Gasteiger partial charge in [-0.1, -0.05) is 24.3 Å². The van der Waals surface area contributed by atoms with Gasteiger partial charge in [-0.25, -0.2) is 22.6 Å². The lowest BCUT2D eigenvalue weighted by Gasteiger charge is -2.31. The van der Waals surface area contributed by atoms with E-state index in [9.17, 15) is 13.2 Å². The standard InChI is InChI=1S/C28H31N7O3S/c29-27(36)18-34-14-12-20(13-15-34)19-4-6-22(7-5-19)31-28-30-17-24-10-11-26(35(24)32-28)21-2-1-3-25(16-21)39(37,38)33-23-8-9-23/h1-7,10-11,16-17,20,23,33H,8-9,12-15,18H2,(H2,29,36)(H,31,32). The zero-order valence-corrected chi connectivity index (χ0v) is 22.3. The summed E-state index contributed by atoms with van der Waals surface area (Å²) in [6.07, 6.45) is 5.50. The van der Waals surface area contributed by atoms with Crippen LogP contribution in [0.25, 0.3) is 16.8 Å². The fraction of sp³-hybridized carbons (Fsp3) is 0.321. The highest BCUT2D eigenvalue weighted by molar-refractivity contribution is 7.89. The van der Waals surface area contributed by atoms with Gasteiger partial charge in [0.15, 0.2) is 0 Å². The van der Waals surface area contributed by atoms with Crippen molar-refractivity contribution in [2.45, 2.75) is 42.5 Å². The molecule has 202 valence electrons. The second kappa shape index (κ2) is 10.4. The third kappa shape index (κ3) is 5.80. The summed E-state index contributed by atoms with van der Waals surface area (Å²) in [6.45, 7) is 2.06. The van der Waals surface area contributed by atoms with Crippen LogP contribution in [-0.2, 0) is 14.8 Å². The summed E-state index contributed by atoms with van der Waals surface area (Å²) in [5.41, 5.74) is 9.80.